The van der Waals surface area contributed by atoms with Gasteiger partial charge >= 0.3 is 0 Å². The summed E-state index contributed by atoms with van der Waals surface area (Å²) in [5, 5.41) is 12.9. The molecule has 1 aromatic heterocycles. The zero-order valence-electron chi connectivity index (χ0n) is 15.8. The van der Waals surface area contributed by atoms with Gasteiger partial charge in [0.15, 0.2) is 0 Å². The third-order valence-electron chi connectivity index (χ3n) is 5.29. The first kappa shape index (κ1) is 18.9. The van der Waals surface area contributed by atoms with Gasteiger partial charge in [-0.2, -0.15) is 0 Å². The lowest BCUT2D eigenvalue weighted by Gasteiger charge is -2.22. The molecule has 0 spiro atoms. The molecule has 2 aromatic rings. The molecular formula is C20H25N5O2S. The van der Waals surface area contributed by atoms with Gasteiger partial charge < -0.3 is 10.2 Å². The second-order valence-electron chi connectivity index (χ2n) is 7.25. The first-order valence-electron chi connectivity index (χ1n) is 9.94. The summed E-state index contributed by atoms with van der Waals surface area (Å²) < 4.78 is 0. The normalized spacial score (nSPS) is 19.4. The average Bonchev–Trinajstić information content (AvgIpc) is 3.45. The molecule has 2 fully saturated rings. The Hall–Kier alpha value is -2.48. The predicted molar refractivity (Wildman–Crippen MR) is 110 cm³/mol. The van der Waals surface area contributed by atoms with E-state index < -0.39 is 0 Å². The number of aryl methyl sites for hydroxylation is 1. The molecule has 4 rings (SSSR count). The highest BCUT2D eigenvalue weighted by Gasteiger charge is 2.34. The molecule has 28 heavy (non-hydrogen) atoms. The van der Waals surface area contributed by atoms with Crippen LogP contribution in [0.2, 0.25) is 0 Å². The lowest BCUT2D eigenvalue weighted by Crippen LogP contribution is -2.43. The molecule has 0 saturated carbocycles. The summed E-state index contributed by atoms with van der Waals surface area (Å²) in [5.74, 6) is 0.163. The number of anilines is 2. The molecule has 2 aliphatic rings. The third-order valence-corrected chi connectivity index (χ3v) is 6.28. The standard InChI is InChI=1S/C20H25N5O2S/c26-17-11-6-14-25(17)20-23-22-19(28-20)24-13-5-10-16(24)18(27)21-12-4-9-15-7-2-1-3-8-15/h1-3,7-8,16H,4-6,9-14H2,(H,21,27). The van der Waals surface area contributed by atoms with Crippen molar-refractivity contribution in [2.24, 2.45) is 0 Å². The molecule has 1 unspecified atom stereocenters. The minimum absolute atomic E-state index is 0.0551. The van der Waals surface area contributed by atoms with E-state index in [1.807, 2.05) is 23.1 Å². The van der Waals surface area contributed by atoms with Gasteiger partial charge in [-0.3, -0.25) is 14.5 Å². The van der Waals surface area contributed by atoms with Crippen LogP contribution in [0.4, 0.5) is 10.3 Å². The van der Waals surface area contributed by atoms with Gasteiger partial charge in [0.05, 0.1) is 0 Å². The summed E-state index contributed by atoms with van der Waals surface area (Å²) in [6.07, 6.45) is 5.10. The van der Waals surface area contributed by atoms with Crippen LogP contribution in [0, 0.1) is 0 Å². The van der Waals surface area contributed by atoms with E-state index in [0.717, 1.165) is 43.8 Å². The maximum atomic E-state index is 12.7. The lowest BCUT2D eigenvalue weighted by molar-refractivity contribution is -0.122. The number of carbonyl (C=O) groups excluding carboxylic acids is 2. The average molecular weight is 400 g/mol. The maximum absolute atomic E-state index is 12.7. The van der Waals surface area contributed by atoms with Crippen LogP contribution in [-0.4, -0.2) is 47.7 Å². The van der Waals surface area contributed by atoms with Crippen molar-refractivity contribution in [2.45, 2.75) is 44.6 Å². The van der Waals surface area contributed by atoms with Crippen LogP contribution >= 0.6 is 11.3 Å². The van der Waals surface area contributed by atoms with E-state index in [0.29, 0.717) is 24.6 Å². The van der Waals surface area contributed by atoms with Gasteiger partial charge in [-0.15, -0.1) is 10.2 Å². The number of rotatable bonds is 7. The molecule has 8 heteroatoms. The van der Waals surface area contributed by atoms with Crippen LogP contribution in [-0.2, 0) is 16.0 Å². The van der Waals surface area contributed by atoms with Crippen molar-refractivity contribution in [3.05, 3.63) is 35.9 Å². The number of hydrogen-bond donors (Lipinski definition) is 1. The number of benzene rings is 1. The smallest absolute Gasteiger partial charge is 0.242 e. The minimum atomic E-state index is -0.202. The fourth-order valence-corrected chi connectivity index (χ4v) is 4.78. The maximum Gasteiger partial charge on any atom is 0.242 e. The highest BCUT2D eigenvalue weighted by Crippen LogP contribution is 2.33. The first-order valence-corrected chi connectivity index (χ1v) is 10.8. The zero-order valence-corrected chi connectivity index (χ0v) is 16.7. The molecular weight excluding hydrogens is 374 g/mol. The Morgan fingerprint density at radius 3 is 2.75 bits per heavy atom. The summed E-state index contributed by atoms with van der Waals surface area (Å²) in [4.78, 5) is 28.3. The fourth-order valence-electron chi connectivity index (χ4n) is 3.82. The van der Waals surface area contributed by atoms with Gasteiger partial charge in [-0.1, -0.05) is 41.7 Å². The molecule has 0 radical (unpaired) electrons. The summed E-state index contributed by atoms with van der Waals surface area (Å²) in [5.41, 5.74) is 1.29. The number of nitrogens with one attached hydrogen (secondary N) is 1. The van der Waals surface area contributed by atoms with Crippen molar-refractivity contribution < 1.29 is 9.59 Å². The molecule has 3 heterocycles. The topological polar surface area (TPSA) is 78.4 Å². The quantitative estimate of drug-likeness (QED) is 0.724. The third kappa shape index (κ3) is 4.16. The highest BCUT2D eigenvalue weighted by molar-refractivity contribution is 7.19. The minimum Gasteiger partial charge on any atom is -0.354 e. The van der Waals surface area contributed by atoms with Gasteiger partial charge in [0.25, 0.3) is 0 Å². The fraction of sp³-hybridized carbons (Fsp3) is 0.500. The summed E-state index contributed by atoms with van der Waals surface area (Å²) in [6, 6.07) is 10.1. The Bertz CT molecular complexity index is 825. The molecule has 1 aromatic carbocycles. The molecule has 1 atom stereocenters. The molecule has 2 amide bonds. The number of carbonyl (C=O) groups is 2. The van der Waals surface area contributed by atoms with Crippen molar-refractivity contribution in [2.75, 3.05) is 29.4 Å². The first-order chi connectivity index (χ1) is 13.7. The summed E-state index contributed by atoms with van der Waals surface area (Å²) in [7, 11) is 0. The lowest BCUT2D eigenvalue weighted by atomic mass is 10.1. The van der Waals surface area contributed by atoms with Crippen molar-refractivity contribution in [3.63, 3.8) is 0 Å². The van der Waals surface area contributed by atoms with Crippen molar-refractivity contribution >= 4 is 33.4 Å². The number of hydrogen-bond acceptors (Lipinski definition) is 6. The largest absolute Gasteiger partial charge is 0.354 e. The molecule has 1 N–H and O–H groups in total. The van der Waals surface area contributed by atoms with E-state index in [-0.39, 0.29) is 17.9 Å². The van der Waals surface area contributed by atoms with Crippen LogP contribution in [0.5, 0.6) is 0 Å². The highest BCUT2D eigenvalue weighted by atomic mass is 32.1. The van der Waals surface area contributed by atoms with Crippen LogP contribution in [0.15, 0.2) is 30.3 Å². The monoisotopic (exact) mass is 399 g/mol. The van der Waals surface area contributed by atoms with Crippen LogP contribution in [0.3, 0.4) is 0 Å². The SMILES string of the molecule is O=C(NCCCc1ccccc1)C1CCCN1c1nnc(N2CCCC2=O)s1. The van der Waals surface area contributed by atoms with Crippen LogP contribution < -0.4 is 15.1 Å². The number of amides is 2. The Balaban J connectivity index is 1.31. The van der Waals surface area contributed by atoms with Crippen LogP contribution in [0.1, 0.15) is 37.7 Å². The van der Waals surface area contributed by atoms with Crippen LogP contribution in [0.25, 0.3) is 0 Å². The molecule has 0 aliphatic carbocycles. The number of aromatic nitrogens is 2. The molecule has 2 aliphatic heterocycles. The van der Waals surface area contributed by atoms with Gasteiger partial charge in [-0.25, -0.2) is 0 Å². The van der Waals surface area contributed by atoms with E-state index >= 15 is 0 Å². The number of nitrogens with zero attached hydrogens (tertiary/aromatic N) is 4. The van der Waals surface area contributed by atoms with Crippen molar-refractivity contribution in [1.29, 1.82) is 0 Å². The van der Waals surface area contributed by atoms with E-state index in [1.165, 1.54) is 16.9 Å². The van der Waals surface area contributed by atoms with E-state index in [4.69, 9.17) is 0 Å². The van der Waals surface area contributed by atoms with E-state index in [2.05, 4.69) is 27.6 Å². The summed E-state index contributed by atoms with van der Waals surface area (Å²) >= 11 is 1.41. The molecule has 7 nitrogen and oxygen atoms in total. The second kappa shape index (κ2) is 8.68. The Morgan fingerprint density at radius 2 is 1.96 bits per heavy atom. The molecule has 148 valence electrons. The van der Waals surface area contributed by atoms with E-state index in [9.17, 15) is 9.59 Å². The van der Waals surface area contributed by atoms with Crippen molar-refractivity contribution in [3.8, 4) is 0 Å². The Labute approximate surface area is 168 Å². The zero-order chi connectivity index (χ0) is 19.3. The second-order valence-corrected chi connectivity index (χ2v) is 8.18. The Morgan fingerprint density at radius 1 is 1.14 bits per heavy atom. The van der Waals surface area contributed by atoms with Crippen molar-refractivity contribution in [1.82, 2.24) is 15.5 Å². The van der Waals surface area contributed by atoms with Gasteiger partial charge in [-0.05, 0) is 37.7 Å². The Kier molecular flexibility index (Phi) is 5.85. The molecule has 2 saturated heterocycles. The van der Waals surface area contributed by atoms with Gasteiger partial charge in [0.2, 0.25) is 22.1 Å². The summed E-state index contributed by atoms with van der Waals surface area (Å²) in [6.45, 7) is 2.17. The van der Waals surface area contributed by atoms with Gasteiger partial charge in [0, 0.05) is 26.1 Å². The predicted octanol–water partition coefficient (Wildman–Crippen LogP) is 2.38. The van der Waals surface area contributed by atoms with Gasteiger partial charge in [0.1, 0.15) is 6.04 Å². The molecule has 0 bridgehead atoms. The van der Waals surface area contributed by atoms with E-state index in [1.54, 1.807) is 4.90 Å².